The van der Waals surface area contributed by atoms with Gasteiger partial charge in [-0.25, -0.2) is 4.79 Å². The van der Waals surface area contributed by atoms with Crippen LogP contribution in [0.25, 0.3) is 5.57 Å². The van der Waals surface area contributed by atoms with Gasteiger partial charge < -0.3 is 19.9 Å². The van der Waals surface area contributed by atoms with Gasteiger partial charge in [-0.15, -0.1) is 0 Å². The largest absolute Gasteiger partial charge is 0.503 e. The number of ether oxygens (including phenoxy) is 3. The van der Waals surface area contributed by atoms with Crippen molar-refractivity contribution in [3.8, 4) is 11.5 Å². The first kappa shape index (κ1) is 15.4. The van der Waals surface area contributed by atoms with Crippen molar-refractivity contribution < 1.29 is 19.0 Å². The number of nitrogen functional groups attached to an aromatic ring is 1. The SMILES string of the molecule is CO/C=C(\C(=O)OC)c1ccccc1Oc1cccc(N)c1. The molecule has 2 aromatic carbocycles. The number of anilines is 1. The minimum Gasteiger partial charge on any atom is -0.503 e. The second-order valence-electron chi connectivity index (χ2n) is 4.43. The second-order valence-corrected chi connectivity index (χ2v) is 4.43. The van der Waals surface area contributed by atoms with E-state index in [-0.39, 0.29) is 5.57 Å². The van der Waals surface area contributed by atoms with Crippen molar-refractivity contribution in [1.82, 2.24) is 0 Å². The lowest BCUT2D eigenvalue weighted by Crippen LogP contribution is -2.05. The number of hydrogen-bond donors (Lipinski definition) is 1. The van der Waals surface area contributed by atoms with Crippen molar-refractivity contribution in [2.75, 3.05) is 20.0 Å². The maximum atomic E-state index is 11.9. The molecule has 22 heavy (non-hydrogen) atoms. The van der Waals surface area contributed by atoms with Gasteiger partial charge in [0.15, 0.2) is 0 Å². The molecule has 0 atom stereocenters. The quantitative estimate of drug-likeness (QED) is 0.397. The van der Waals surface area contributed by atoms with E-state index in [9.17, 15) is 4.79 Å². The minimum atomic E-state index is -0.509. The molecule has 0 saturated heterocycles. The number of nitrogens with two attached hydrogens (primary N) is 1. The Hall–Kier alpha value is -2.95. The molecule has 0 bridgehead atoms. The number of benzene rings is 2. The Morgan fingerprint density at radius 1 is 1.09 bits per heavy atom. The smallest absolute Gasteiger partial charge is 0.341 e. The van der Waals surface area contributed by atoms with E-state index in [1.807, 2.05) is 6.07 Å². The normalized spacial score (nSPS) is 10.9. The fraction of sp³-hybridized carbons (Fsp3) is 0.118. The van der Waals surface area contributed by atoms with Crippen LogP contribution in [0.15, 0.2) is 54.8 Å². The highest BCUT2D eigenvalue weighted by Gasteiger charge is 2.17. The molecule has 0 spiro atoms. The maximum Gasteiger partial charge on any atom is 0.341 e. The van der Waals surface area contributed by atoms with E-state index in [0.29, 0.717) is 22.7 Å². The highest BCUT2D eigenvalue weighted by atomic mass is 16.5. The Kier molecular flexibility index (Phi) is 5.03. The third-order valence-corrected chi connectivity index (χ3v) is 2.90. The number of para-hydroxylation sites is 1. The summed E-state index contributed by atoms with van der Waals surface area (Å²) in [6.45, 7) is 0. The molecule has 5 heteroatoms. The fourth-order valence-corrected chi connectivity index (χ4v) is 1.93. The molecule has 0 fully saturated rings. The topological polar surface area (TPSA) is 70.8 Å². The molecule has 0 aliphatic rings. The van der Waals surface area contributed by atoms with Crippen molar-refractivity contribution in [2.45, 2.75) is 0 Å². The highest BCUT2D eigenvalue weighted by molar-refractivity contribution is 6.17. The zero-order valence-electron chi connectivity index (χ0n) is 12.4. The van der Waals surface area contributed by atoms with E-state index >= 15 is 0 Å². The van der Waals surface area contributed by atoms with Crippen LogP contribution < -0.4 is 10.5 Å². The van der Waals surface area contributed by atoms with Gasteiger partial charge in [-0.2, -0.15) is 0 Å². The first-order chi connectivity index (χ1) is 10.7. The van der Waals surface area contributed by atoms with E-state index < -0.39 is 5.97 Å². The van der Waals surface area contributed by atoms with Gasteiger partial charge in [-0.05, 0) is 18.2 Å². The molecule has 0 aromatic heterocycles. The maximum absolute atomic E-state index is 11.9. The van der Waals surface area contributed by atoms with Crippen LogP contribution in [0.2, 0.25) is 0 Å². The molecule has 0 heterocycles. The van der Waals surface area contributed by atoms with Crippen LogP contribution in [0.4, 0.5) is 5.69 Å². The Balaban J connectivity index is 2.41. The Labute approximate surface area is 128 Å². The lowest BCUT2D eigenvalue weighted by atomic mass is 10.1. The van der Waals surface area contributed by atoms with E-state index in [4.69, 9.17) is 19.9 Å². The summed E-state index contributed by atoms with van der Waals surface area (Å²) in [5, 5.41) is 0. The monoisotopic (exact) mass is 299 g/mol. The van der Waals surface area contributed by atoms with Crippen LogP contribution in [0, 0.1) is 0 Å². The predicted molar refractivity (Wildman–Crippen MR) is 84.4 cm³/mol. The number of methoxy groups -OCH3 is 2. The molecule has 0 aliphatic heterocycles. The molecule has 0 radical (unpaired) electrons. The van der Waals surface area contributed by atoms with E-state index in [1.54, 1.807) is 42.5 Å². The number of hydrogen-bond acceptors (Lipinski definition) is 5. The number of carbonyl (C=O) groups excluding carboxylic acids is 1. The third kappa shape index (κ3) is 3.58. The Morgan fingerprint density at radius 2 is 1.86 bits per heavy atom. The van der Waals surface area contributed by atoms with Crippen molar-refractivity contribution in [3.05, 3.63) is 60.4 Å². The minimum absolute atomic E-state index is 0.268. The fourth-order valence-electron chi connectivity index (χ4n) is 1.93. The average Bonchev–Trinajstić information content (AvgIpc) is 2.53. The first-order valence-electron chi connectivity index (χ1n) is 6.59. The van der Waals surface area contributed by atoms with E-state index in [1.165, 1.54) is 20.5 Å². The van der Waals surface area contributed by atoms with Crippen LogP contribution in [-0.2, 0) is 14.3 Å². The molecule has 0 aliphatic carbocycles. The van der Waals surface area contributed by atoms with Crippen LogP contribution in [-0.4, -0.2) is 20.2 Å². The Bertz CT molecular complexity index is 695. The summed E-state index contributed by atoms with van der Waals surface area (Å²) in [6.07, 6.45) is 1.33. The van der Waals surface area contributed by atoms with Gasteiger partial charge in [0, 0.05) is 17.3 Å². The molecule has 0 amide bonds. The molecule has 5 nitrogen and oxygen atoms in total. The van der Waals surface area contributed by atoms with Gasteiger partial charge in [0.05, 0.1) is 20.5 Å². The summed E-state index contributed by atoms with van der Waals surface area (Å²) in [5.41, 5.74) is 7.17. The first-order valence-corrected chi connectivity index (χ1v) is 6.59. The molecule has 114 valence electrons. The summed E-state index contributed by atoms with van der Waals surface area (Å²) in [5.74, 6) is 0.571. The Morgan fingerprint density at radius 3 is 2.55 bits per heavy atom. The molecule has 2 aromatic rings. The summed E-state index contributed by atoms with van der Waals surface area (Å²) in [4.78, 5) is 11.9. The number of esters is 1. The third-order valence-electron chi connectivity index (χ3n) is 2.90. The molecule has 0 unspecified atom stereocenters. The average molecular weight is 299 g/mol. The van der Waals surface area contributed by atoms with Gasteiger partial charge in [0.2, 0.25) is 0 Å². The highest BCUT2D eigenvalue weighted by Crippen LogP contribution is 2.31. The zero-order valence-corrected chi connectivity index (χ0v) is 12.4. The second kappa shape index (κ2) is 7.17. The van der Waals surface area contributed by atoms with Gasteiger partial charge in [0.1, 0.15) is 17.1 Å². The van der Waals surface area contributed by atoms with Crippen LogP contribution in [0.1, 0.15) is 5.56 Å². The van der Waals surface area contributed by atoms with Crippen LogP contribution >= 0.6 is 0 Å². The van der Waals surface area contributed by atoms with Crippen molar-refractivity contribution >= 4 is 17.2 Å². The summed E-state index contributed by atoms with van der Waals surface area (Å²) in [6, 6.07) is 14.2. The summed E-state index contributed by atoms with van der Waals surface area (Å²) < 4.78 is 15.6. The lowest BCUT2D eigenvalue weighted by molar-refractivity contribution is -0.133. The molecular formula is C17H17NO4. The standard InChI is InChI=1S/C17H17NO4/c1-20-11-15(17(19)21-2)14-8-3-4-9-16(14)22-13-7-5-6-12(18)10-13/h3-11H,18H2,1-2H3/b15-11-. The van der Waals surface area contributed by atoms with Crippen molar-refractivity contribution in [2.24, 2.45) is 0 Å². The van der Waals surface area contributed by atoms with Crippen LogP contribution in [0.5, 0.6) is 11.5 Å². The van der Waals surface area contributed by atoms with Crippen LogP contribution in [0.3, 0.4) is 0 Å². The predicted octanol–water partition coefficient (Wildman–Crippen LogP) is 3.22. The van der Waals surface area contributed by atoms with Gasteiger partial charge in [-0.3, -0.25) is 0 Å². The molecular weight excluding hydrogens is 282 g/mol. The number of rotatable bonds is 5. The van der Waals surface area contributed by atoms with Gasteiger partial charge >= 0.3 is 5.97 Å². The molecule has 2 rings (SSSR count). The van der Waals surface area contributed by atoms with Crippen molar-refractivity contribution in [3.63, 3.8) is 0 Å². The van der Waals surface area contributed by atoms with Gasteiger partial charge in [-0.1, -0.05) is 24.3 Å². The number of carbonyl (C=O) groups is 1. The lowest BCUT2D eigenvalue weighted by Gasteiger charge is -2.12. The molecule has 0 saturated carbocycles. The molecule has 2 N–H and O–H groups in total. The van der Waals surface area contributed by atoms with Crippen molar-refractivity contribution in [1.29, 1.82) is 0 Å². The van der Waals surface area contributed by atoms with Gasteiger partial charge in [0.25, 0.3) is 0 Å². The summed E-state index contributed by atoms with van der Waals surface area (Å²) in [7, 11) is 2.78. The summed E-state index contributed by atoms with van der Waals surface area (Å²) >= 11 is 0. The van der Waals surface area contributed by atoms with E-state index in [0.717, 1.165) is 0 Å². The van der Waals surface area contributed by atoms with E-state index in [2.05, 4.69) is 0 Å². The zero-order chi connectivity index (χ0) is 15.9.